The van der Waals surface area contributed by atoms with E-state index in [0.717, 1.165) is 0 Å². The molecule has 128 valence electrons. The largest absolute Gasteiger partial charge is 0.484 e. The van der Waals surface area contributed by atoms with Crippen molar-refractivity contribution >= 4 is 11.8 Å². The van der Waals surface area contributed by atoms with Crippen molar-refractivity contribution in [3.63, 3.8) is 0 Å². The van der Waals surface area contributed by atoms with Gasteiger partial charge in [0, 0.05) is 12.6 Å². The maximum atomic E-state index is 12.8. The van der Waals surface area contributed by atoms with Crippen molar-refractivity contribution in [1.29, 1.82) is 0 Å². The first-order valence-electron chi connectivity index (χ1n) is 7.55. The van der Waals surface area contributed by atoms with Crippen LogP contribution in [0.15, 0.2) is 48.5 Å². The molecule has 0 atom stereocenters. The van der Waals surface area contributed by atoms with Gasteiger partial charge in [-0.2, -0.15) is 0 Å². The second-order valence-electron chi connectivity index (χ2n) is 4.95. The molecule has 0 aromatic heterocycles. The SMILES string of the molecule is CNC(=O)c1ccccc1C#CCNC(=O)COc1ccc(F)cc1. The first-order valence-corrected chi connectivity index (χ1v) is 7.55. The fourth-order valence-corrected chi connectivity index (χ4v) is 1.94. The number of amides is 2. The van der Waals surface area contributed by atoms with Gasteiger partial charge < -0.3 is 15.4 Å². The Hall–Kier alpha value is -3.33. The summed E-state index contributed by atoms with van der Waals surface area (Å²) in [7, 11) is 1.55. The summed E-state index contributed by atoms with van der Waals surface area (Å²) in [5.74, 6) is 5.11. The van der Waals surface area contributed by atoms with Crippen molar-refractivity contribution in [2.75, 3.05) is 20.2 Å². The Balaban J connectivity index is 1.83. The van der Waals surface area contributed by atoms with Crippen LogP contribution < -0.4 is 15.4 Å². The van der Waals surface area contributed by atoms with Gasteiger partial charge in [0.05, 0.1) is 12.1 Å². The van der Waals surface area contributed by atoms with Gasteiger partial charge in [-0.05, 0) is 36.4 Å². The van der Waals surface area contributed by atoms with Crippen LogP contribution in [0.3, 0.4) is 0 Å². The van der Waals surface area contributed by atoms with E-state index in [1.165, 1.54) is 24.3 Å². The smallest absolute Gasteiger partial charge is 0.258 e. The Morgan fingerprint density at radius 2 is 1.84 bits per heavy atom. The molecular weight excluding hydrogens is 323 g/mol. The van der Waals surface area contributed by atoms with Crippen molar-refractivity contribution < 1.29 is 18.7 Å². The van der Waals surface area contributed by atoms with Crippen LogP contribution >= 0.6 is 0 Å². The van der Waals surface area contributed by atoms with E-state index in [-0.39, 0.29) is 30.8 Å². The summed E-state index contributed by atoms with van der Waals surface area (Å²) in [6, 6.07) is 12.3. The second kappa shape index (κ2) is 9.08. The normalized spacial score (nSPS) is 9.52. The van der Waals surface area contributed by atoms with Crippen LogP contribution in [0.1, 0.15) is 15.9 Å². The molecule has 0 unspecified atom stereocenters. The fourth-order valence-electron chi connectivity index (χ4n) is 1.94. The third-order valence-corrected chi connectivity index (χ3v) is 3.18. The zero-order valence-corrected chi connectivity index (χ0v) is 13.6. The zero-order chi connectivity index (χ0) is 18.1. The molecule has 2 aromatic carbocycles. The lowest BCUT2D eigenvalue weighted by molar-refractivity contribution is -0.122. The molecule has 0 heterocycles. The summed E-state index contributed by atoms with van der Waals surface area (Å²) >= 11 is 0. The highest BCUT2D eigenvalue weighted by atomic mass is 19.1. The Kier molecular flexibility index (Phi) is 6.55. The van der Waals surface area contributed by atoms with Crippen molar-refractivity contribution in [2.24, 2.45) is 0 Å². The standard InChI is InChI=1S/C19H17FN2O3/c1-21-19(24)17-7-3-2-5-14(17)6-4-12-22-18(23)13-25-16-10-8-15(20)9-11-16/h2-3,5,7-11H,12-13H2,1H3,(H,21,24)(H,22,23). The van der Waals surface area contributed by atoms with Crippen LogP contribution in [0.5, 0.6) is 5.75 Å². The van der Waals surface area contributed by atoms with E-state index in [1.54, 1.807) is 31.3 Å². The third kappa shape index (κ3) is 5.66. The van der Waals surface area contributed by atoms with Gasteiger partial charge in [0.1, 0.15) is 11.6 Å². The lowest BCUT2D eigenvalue weighted by Gasteiger charge is -2.05. The summed E-state index contributed by atoms with van der Waals surface area (Å²) in [6.45, 7) is -0.0736. The molecule has 2 amide bonds. The lowest BCUT2D eigenvalue weighted by atomic mass is 10.1. The molecule has 2 rings (SSSR count). The zero-order valence-electron chi connectivity index (χ0n) is 13.6. The number of hydrogen-bond donors (Lipinski definition) is 2. The van der Waals surface area contributed by atoms with Gasteiger partial charge in [-0.15, -0.1) is 0 Å². The van der Waals surface area contributed by atoms with Crippen molar-refractivity contribution in [1.82, 2.24) is 10.6 Å². The molecule has 0 fully saturated rings. The van der Waals surface area contributed by atoms with Crippen LogP contribution in [-0.2, 0) is 4.79 Å². The molecular formula is C19H17FN2O3. The number of rotatable bonds is 5. The third-order valence-electron chi connectivity index (χ3n) is 3.18. The van der Waals surface area contributed by atoms with Crippen LogP contribution in [0.4, 0.5) is 4.39 Å². The Morgan fingerprint density at radius 1 is 1.12 bits per heavy atom. The number of halogens is 1. The summed E-state index contributed by atoms with van der Waals surface area (Å²) in [5, 5.41) is 5.13. The number of ether oxygens (including phenoxy) is 1. The molecule has 0 bridgehead atoms. The maximum absolute atomic E-state index is 12.8. The Labute approximate surface area is 145 Å². The second-order valence-corrected chi connectivity index (χ2v) is 4.95. The minimum absolute atomic E-state index is 0.119. The molecule has 0 saturated carbocycles. The fraction of sp³-hybridized carbons (Fsp3) is 0.158. The molecule has 0 radical (unpaired) electrons. The number of benzene rings is 2. The summed E-state index contributed by atoms with van der Waals surface area (Å²) < 4.78 is 18.0. The van der Waals surface area contributed by atoms with E-state index < -0.39 is 0 Å². The van der Waals surface area contributed by atoms with Gasteiger partial charge in [0.15, 0.2) is 6.61 Å². The van der Waals surface area contributed by atoms with E-state index in [4.69, 9.17) is 4.74 Å². The number of nitrogens with one attached hydrogen (secondary N) is 2. The highest BCUT2D eigenvalue weighted by Gasteiger charge is 2.06. The van der Waals surface area contributed by atoms with Crippen molar-refractivity contribution in [3.05, 3.63) is 65.5 Å². The van der Waals surface area contributed by atoms with Gasteiger partial charge in [-0.25, -0.2) is 4.39 Å². The van der Waals surface area contributed by atoms with E-state index in [2.05, 4.69) is 22.5 Å². The van der Waals surface area contributed by atoms with Crippen molar-refractivity contribution in [3.8, 4) is 17.6 Å². The number of carbonyl (C=O) groups is 2. The molecule has 0 saturated heterocycles. The molecule has 2 aromatic rings. The van der Waals surface area contributed by atoms with E-state index in [0.29, 0.717) is 16.9 Å². The topological polar surface area (TPSA) is 67.4 Å². The Bertz CT molecular complexity index is 807. The number of hydrogen-bond acceptors (Lipinski definition) is 3. The predicted molar refractivity (Wildman–Crippen MR) is 91.6 cm³/mol. The van der Waals surface area contributed by atoms with Crippen molar-refractivity contribution in [2.45, 2.75) is 0 Å². The van der Waals surface area contributed by atoms with E-state index in [1.807, 2.05) is 0 Å². The first kappa shape index (κ1) is 18.0. The van der Waals surface area contributed by atoms with E-state index in [9.17, 15) is 14.0 Å². The summed E-state index contributed by atoms with van der Waals surface area (Å²) in [6.07, 6.45) is 0. The maximum Gasteiger partial charge on any atom is 0.258 e. The molecule has 0 spiro atoms. The minimum atomic E-state index is -0.371. The van der Waals surface area contributed by atoms with Crippen LogP contribution in [0, 0.1) is 17.7 Å². The minimum Gasteiger partial charge on any atom is -0.484 e. The quantitative estimate of drug-likeness (QED) is 0.815. The predicted octanol–water partition coefficient (Wildman–Crippen LogP) is 1.73. The summed E-state index contributed by atoms with van der Waals surface area (Å²) in [4.78, 5) is 23.4. The molecule has 0 aliphatic rings. The molecule has 0 aliphatic carbocycles. The summed E-state index contributed by atoms with van der Waals surface area (Å²) in [5.41, 5.74) is 1.06. The molecule has 0 aliphatic heterocycles. The average Bonchev–Trinajstić information content (AvgIpc) is 2.64. The number of carbonyl (C=O) groups excluding carboxylic acids is 2. The Morgan fingerprint density at radius 3 is 2.56 bits per heavy atom. The van der Waals surface area contributed by atoms with Gasteiger partial charge >= 0.3 is 0 Å². The molecule has 5 nitrogen and oxygen atoms in total. The average molecular weight is 340 g/mol. The van der Waals surface area contributed by atoms with Crippen LogP contribution in [-0.4, -0.2) is 32.0 Å². The van der Waals surface area contributed by atoms with Gasteiger partial charge in [-0.1, -0.05) is 24.0 Å². The highest BCUT2D eigenvalue weighted by molar-refractivity contribution is 5.96. The van der Waals surface area contributed by atoms with Crippen LogP contribution in [0.25, 0.3) is 0 Å². The van der Waals surface area contributed by atoms with E-state index >= 15 is 0 Å². The molecule has 2 N–H and O–H groups in total. The lowest BCUT2D eigenvalue weighted by Crippen LogP contribution is -2.29. The van der Waals surface area contributed by atoms with Gasteiger partial charge in [-0.3, -0.25) is 9.59 Å². The molecule has 25 heavy (non-hydrogen) atoms. The molecule has 6 heteroatoms. The highest BCUT2D eigenvalue weighted by Crippen LogP contribution is 2.10. The van der Waals surface area contributed by atoms with Gasteiger partial charge in [0.25, 0.3) is 11.8 Å². The monoisotopic (exact) mass is 340 g/mol. The van der Waals surface area contributed by atoms with Gasteiger partial charge in [0.2, 0.25) is 0 Å². The van der Waals surface area contributed by atoms with Crippen LogP contribution in [0.2, 0.25) is 0 Å². The first-order chi connectivity index (χ1) is 12.1.